The van der Waals surface area contributed by atoms with Crippen LogP contribution in [0, 0.1) is 37.1 Å². The van der Waals surface area contributed by atoms with Gasteiger partial charge in [0.15, 0.2) is 0 Å². The van der Waals surface area contributed by atoms with Gasteiger partial charge < -0.3 is 37.1 Å². The average Bonchev–Trinajstić information content (AvgIpc) is 1.76. The van der Waals surface area contributed by atoms with E-state index in [-0.39, 0.29) is 57.2 Å². The molecule has 0 saturated heterocycles. The van der Waals surface area contributed by atoms with Crippen molar-refractivity contribution in [1.29, 1.82) is 0 Å². The maximum atomic E-state index is 2.00. The predicted octanol–water partition coefficient (Wildman–Crippen LogP) is 3.65. The molecule has 0 bridgehead atoms. The fourth-order valence-electron chi connectivity index (χ4n) is 0.321. The van der Waals surface area contributed by atoms with Crippen LogP contribution in [0.15, 0.2) is 30.3 Å². The monoisotopic (exact) mass is 333 g/mol. The van der Waals surface area contributed by atoms with Crippen LogP contribution in [0.3, 0.4) is 0 Å². The zero-order valence-corrected chi connectivity index (χ0v) is 10.6. The second kappa shape index (κ2) is 32.4. The minimum atomic E-state index is 0. The van der Waals surface area contributed by atoms with E-state index in [1.165, 1.54) is 0 Å². The summed E-state index contributed by atoms with van der Waals surface area (Å²) in [5.74, 6) is 0. The largest absolute Gasteiger partial charge is 0.358 e. The Morgan fingerprint density at radius 3 is 1.00 bits per heavy atom. The summed E-state index contributed by atoms with van der Waals surface area (Å²) in [6.07, 6.45) is 0. The molecule has 0 aliphatic heterocycles. The SMILES string of the molecule is [CH3-].[CH3-].[CH3-].[CH3-].[CH3-].[Ir].c1cc[cH-]c1. The first kappa shape index (κ1) is 44.0. The Hall–Kier alpha value is -0.000649. The summed E-state index contributed by atoms with van der Waals surface area (Å²) in [4.78, 5) is 0. The van der Waals surface area contributed by atoms with Gasteiger partial charge in [0, 0.05) is 20.1 Å². The van der Waals surface area contributed by atoms with Crippen LogP contribution in [-0.2, 0) is 20.1 Å². The van der Waals surface area contributed by atoms with Crippen LogP contribution in [0.2, 0.25) is 0 Å². The Morgan fingerprint density at radius 2 is 0.909 bits per heavy atom. The standard InChI is InChI=1S/C5H5.5CH3.Ir/c1-2-4-5-3-1;;;;;;/h1-5H;5*1H3;/q6*-1;. The fraction of sp³-hybridized carbons (Fsp3) is 0. The van der Waals surface area contributed by atoms with E-state index in [0.717, 1.165) is 0 Å². The number of rotatable bonds is 0. The van der Waals surface area contributed by atoms with E-state index in [0.29, 0.717) is 0 Å². The molecule has 1 rings (SSSR count). The van der Waals surface area contributed by atoms with E-state index >= 15 is 0 Å². The van der Waals surface area contributed by atoms with Gasteiger partial charge in [0.2, 0.25) is 0 Å². The van der Waals surface area contributed by atoms with Crippen LogP contribution in [0.5, 0.6) is 0 Å². The third kappa shape index (κ3) is 25.6. The minimum absolute atomic E-state index is 0. The van der Waals surface area contributed by atoms with Crippen molar-refractivity contribution in [1.82, 2.24) is 0 Å². The van der Waals surface area contributed by atoms with Crippen molar-refractivity contribution in [2.24, 2.45) is 0 Å². The van der Waals surface area contributed by atoms with Crippen molar-refractivity contribution >= 4 is 0 Å². The first-order valence-electron chi connectivity index (χ1n) is 1.67. The van der Waals surface area contributed by atoms with Crippen LogP contribution in [0.1, 0.15) is 0 Å². The molecular formula is C10H20Ir-6. The average molecular weight is 332 g/mol. The second-order valence-corrected chi connectivity index (χ2v) is 0.962. The molecule has 1 heteroatoms. The molecule has 1 radical (unpaired) electrons. The molecule has 0 aliphatic rings. The zero-order valence-electron chi connectivity index (χ0n) is 8.22. The molecule has 0 heterocycles. The van der Waals surface area contributed by atoms with Gasteiger partial charge in [-0.25, -0.2) is 12.1 Å². The molecule has 0 aromatic heterocycles. The van der Waals surface area contributed by atoms with E-state index in [4.69, 9.17) is 0 Å². The molecular weight excluding hydrogens is 312 g/mol. The van der Waals surface area contributed by atoms with Gasteiger partial charge in [-0.1, -0.05) is 0 Å². The van der Waals surface area contributed by atoms with E-state index in [2.05, 4.69) is 0 Å². The van der Waals surface area contributed by atoms with E-state index in [9.17, 15) is 0 Å². The Kier molecular flexibility index (Phi) is 130. The molecule has 0 unspecified atom stereocenters. The molecule has 0 amide bonds. The summed E-state index contributed by atoms with van der Waals surface area (Å²) in [6, 6.07) is 10.0. The smallest absolute Gasteiger partial charge is 0 e. The van der Waals surface area contributed by atoms with Gasteiger partial charge in [-0.2, -0.15) is 18.2 Å². The van der Waals surface area contributed by atoms with Gasteiger partial charge >= 0.3 is 0 Å². The molecule has 0 fully saturated rings. The van der Waals surface area contributed by atoms with E-state index in [1.54, 1.807) is 0 Å². The maximum absolute atomic E-state index is 2.00. The third-order valence-electron chi connectivity index (χ3n) is 0.556. The van der Waals surface area contributed by atoms with Crippen molar-refractivity contribution in [3.63, 3.8) is 0 Å². The van der Waals surface area contributed by atoms with Gasteiger partial charge in [0.1, 0.15) is 0 Å². The van der Waals surface area contributed by atoms with Crippen molar-refractivity contribution in [3.8, 4) is 0 Å². The molecule has 11 heavy (non-hydrogen) atoms. The van der Waals surface area contributed by atoms with Gasteiger partial charge in [-0.05, 0) is 0 Å². The van der Waals surface area contributed by atoms with Crippen LogP contribution in [0.4, 0.5) is 0 Å². The minimum Gasteiger partial charge on any atom is -0.358 e. The van der Waals surface area contributed by atoms with Crippen molar-refractivity contribution in [3.05, 3.63) is 67.5 Å². The summed E-state index contributed by atoms with van der Waals surface area (Å²) in [7, 11) is 0. The van der Waals surface area contributed by atoms with Crippen LogP contribution >= 0.6 is 0 Å². The van der Waals surface area contributed by atoms with E-state index < -0.39 is 0 Å². The first-order valence-corrected chi connectivity index (χ1v) is 1.67. The van der Waals surface area contributed by atoms with Gasteiger partial charge in [-0.15, -0.1) is 0 Å². The molecule has 0 atom stereocenters. The zero-order chi connectivity index (χ0) is 3.54. The Morgan fingerprint density at radius 1 is 0.636 bits per heavy atom. The quantitative estimate of drug-likeness (QED) is 0.636. The van der Waals surface area contributed by atoms with E-state index in [1.807, 2.05) is 30.3 Å². The molecule has 1 aromatic carbocycles. The first-order chi connectivity index (χ1) is 2.50. The summed E-state index contributed by atoms with van der Waals surface area (Å²) >= 11 is 0. The van der Waals surface area contributed by atoms with Crippen molar-refractivity contribution in [2.75, 3.05) is 0 Å². The second-order valence-electron chi connectivity index (χ2n) is 0.962. The third-order valence-corrected chi connectivity index (χ3v) is 0.556. The molecule has 0 N–H and O–H groups in total. The van der Waals surface area contributed by atoms with Gasteiger partial charge in [-0.3, -0.25) is 0 Å². The van der Waals surface area contributed by atoms with Crippen LogP contribution < -0.4 is 0 Å². The van der Waals surface area contributed by atoms with Gasteiger partial charge in [0.05, 0.1) is 0 Å². The van der Waals surface area contributed by atoms with Crippen molar-refractivity contribution < 1.29 is 20.1 Å². The summed E-state index contributed by atoms with van der Waals surface area (Å²) in [6.45, 7) is 0. The Labute approximate surface area is 87.8 Å². The molecule has 0 saturated carbocycles. The molecule has 0 aliphatic carbocycles. The molecule has 1 aromatic rings. The van der Waals surface area contributed by atoms with Crippen LogP contribution in [-0.4, -0.2) is 0 Å². The van der Waals surface area contributed by atoms with Crippen molar-refractivity contribution in [2.45, 2.75) is 0 Å². The topological polar surface area (TPSA) is 0 Å². The number of hydrogen-bond acceptors (Lipinski definition) is 0. The Balaban J connectivity index is -0.0000000104. The fourth-order valence-corrected chi connectivity index (χ4v) is 0.321. The normalized spacial score (nSPS) is 3.64. The summed E-state index contributed by atoms with van der Waals surface area (Å²) < 4.78 is 0. The molecule has 75 valence electrons. The predicted molar refractivity (Wildman–Crippen MR) is 54.1 cm³/mol. The van der Waals surface area contributed by atoms with Gasteiger partial charge in [0.25, 0.3) is 0 Å². The maximum Gasteiger partial charge on any atom is 0 e. The summed E-state index contributed by atoms with van der Waals surface area (Å²) in [5, 5.41) is 0. The summed E-state index contributed by atoms with van der Waals surface area (Å²) in [5.41, 5.74) is 0. The number of hydrogen-bond donors (Lipinski definition) is 0. The van der Waals surface area contributed by atoms with Crippen LogP contribution in [0.25, 0.3) is 0 Å². The molecule has 0 nitrogen and oxygen atoms in total. The molecule has 0 spiro atoms. The Bertz CT molecular complexity index is 61.3.